The van der Waals surface area contributed by atoms with E-state index in [-0.39, 0.29) is 16.7 Å². The highest BCUT2D eigenvalue weighted by atomic mass is 32.2. The molecule has 0 radical (unpaired) electrons. The SMILES string of the molecule is Cc1cc2c(c3c1NCC3)Oc1c3c(c(S(=O)(=O)O)cc1=C2c1nccn1CCCCCC(=O)O)=NCC3. The van der Waals surface area contributed by atoms with Crippen molar-refractivity contribution in [1.82, 2.24) is 9.55 Å². The first kappa shape index (κ1) is 24.6. The molecular formula is C27H28N4O6S. The van der Waals surface area contributed by atoms with Crippen LogP contribution in [0.3, 0.4) is 0 Å². The molecule has 2 aromatic carbocycles. The van der Waals surface area contributed by atoms with E-state index in [9.17, 15) is 17.8 Å². The Labute approximate surface area is 219 Å². The number of imidazole rings is 1. The lowest BCUT2D eigenvalue weighted by Gasteiger charge is -2.25. The summed E-state index contributed by atoms with van der Waals surface area (Å²) in [5, 5.41) is 13.2. The van der Waals surface area contributed by atoms with Gasteiger partial charge in [0.25, 0.3) is 10.1 Å². The third kappa shape index (κ3) is 4.06. The number of hydrogen-bond acceptors (Lipinski definition) is 7. The summed E-state index contributed by atoms with van der Waals surface area (Å²) in [6.07, 6.45) is 7.16. The zero-order chi connectivity index (χ0) is 26.6. The van der Waals surface area contributed by atoms with E-state index in [1.54, 1.807) is 6.20 Å². The molecule has 0 atom stereocenters. The molecule has 4 heterocycles. The van der Waals surface area contributed by atoms with E-state index in [0.29, 0.717) is 48.3 Å². The van der Waals surface area contributed by atoms with Gasteiger partial charge in [-0.1, -0.05) is 6.42 Å². The molecule has 11 heteroatoms. The van der Waals surface area contributed by atoms with E-state index < -0.39 is 16.1 Å². The molecule has 3 aromatic rings. The van der Waals surface area contributed by atoms with Crippen molar-refractivity contribution in [2.45, 2.75) is 56.9 Å². The van der Waals surface area contributed by atoms with E-state index in [1.807, 2.05) is 23.8 Å². The lowest BCUT2D eigenvalue weighted by atomic mass is 9.91. The zero-order valence-electron chi connectivity index (χ0n) is 21.0. The summed E-state index contributed by atoms with van der Waals surface area (Å²) in [5.74, 6) is 1.16. The van der Waals surface area contributed by atoms with Crippen LogP contribution in [0.2, 0.25) is 0 Å². The topological polar surface area (TPSA) is 143 Å². The van der Waals surface area contributed by atoms with Crippen LogP contribution in [0.5, 0.6) is 11.5 Å². The highest BCUT2D eigenvalue weighted by Gasteiger charge is 2.33. The molecule has 3 N–H and O–H groups in total. The molecule has 198 valence electrons. The summed E-state index contributed by atoms with van der Waals surface area (Å²) in [5.41, 5.74) is 5.44. The number of nitrogens with zero attached hydrogens (tertiary/aromatic N) is 3. The van der Waals surface area contributed by atoms with E-state index in [1.165, 1.54) is 6.07 Å². The predicted molar refractivity (Wildman–Crippen MR) is 139 cm³/mol. The van der Waals surface area contributed by atoms with Gasteiger partial charge in [-0.05, 0) is 50.3 Å². The van der Waals surface area contributed by atoms with Gasteiger partial charge in [0.05, 0.1) is 5.36 Å². The number of anilines is 1. The average Bonchev–Trinajstić information content (AvgIpc) is 3.62. The van der Waals surface area contributed by atoms with Crippen LogP contribution in [-0.4, -0.2) is 46.7 Å². The third-order valence-electron chi connectivity index (χ3n) is 7.45. The summed E-state index contributed by atoms with van der Waals surface area (Å²) < 4.78 is 43.5. The lowest BCUT2D eigenvalue weighted by molar-refractivity contribution is -0.137. The highest BCUT2D eigenvalue weighted by Crippen LogP contribution is 2.45. The van der Waals surface area contributed by atoms with Crippen molar-refractivity contribution in [2.75, 3.05) is 18.4 Å². The number of aliphatic carboxylic acids is 1. The van der Waals surface area contributed by atoms with Crippen LogP contribution in [0.4, 0.5) is 5.69 Å². The maximum atomic E-state index is 12.4. The van der Waals surface area contributed by atoms with Crippen molar-refractivity contribution in [2.24, 2.45) is 4.99 Å². The van der Waals surface area contributed by atoms with E-state index >= 15 is 0 Å². The molecule has 0 unspecified atom stereocenters. The van der Waals surface area contributed by atoms with Crippen LogP contribution in [0.1, 0.15) is 53.8 Å². The number of hydrogen-bond donors (Lipinski definition) is 3. The fourth-order valence-corrected chi connectivity index (χ4v) is 6.48. The van der Waals surface area contributed by atoms with Gasteiger partial charge >= 0.3 is 5.97 Å². The number of carboxylic acids is 1. The third-order valence-corrected chi connectivity index (χ3v) is 8.31. The minimum absolute atomic E-state index is 0.138. The van der Waals surface area contributed by atoms with Crippen LogP contribution in [0.15, 0.2) is 34.4 Å². The molecule has 0 saturated heterocycles. The van der Waals surface area contributed by atoms with Crippen LogP contribution in [-0.2, 0) is 34.3 Å². The second-order valence-electron chi connectivity index (χ2n) is 9.91. The minimum atomic E-state index is -4.53. The second kappa shape index (κ2) is 9.25. The van der Waals surface area contributed by atoms with Crippen molar-refractivity contribution in [1.29, 1.82) is 0 Å². The number of fused-ring (bicyclic) bond motifs is 6. The maximum absolute atomic E-state index is 12.4. The van der Waals surface area contributed by atoms with Crippen LogP contribution < -0.4 is 20.6 Å². The number of carboxylic acid groups (broad SMARTS) is 1. The first-order chi connectivity index (χ1) is 18.2. The molecule has 0 saturated carbocycles. The van der Waals surface area contributed by atoms with Gasteiger partial charge in [0, 0.05) is 71.6 Å². The Morgan fingerprint density at radius 1 is 1.16 bits per heavy atom. The smallest absolute Gasteiger partial charge is 0.303 e. The fraction of sp³-hybridized carbons (Fsp3) is 0.370. The molecule has 3 aliphatic heterocycles. The fourth-order valence-electron chi connectivity index (χ4n) is 5.78. The van der Waals surface area contributed by atoms with Crippen molar-refractivity contribution in [3.05, 3.63) is 63.2 Å². The number of aromatic nitrogens is 2. The molecule has 0 bridgehead atoms. The molecule has 3 aliphatic rings. The first-order valence-corrected chi connectivity index (χ1v) is 14.2. The number of carbonyl (C=O) groups is 1. The summed E-state index contributed by atoms with van der Waals surface area (Å²) in [6, 6.07) is 3.50. The molecule has 0 aliphatic carbocycles. The Hall–Kier alpha value is -3.70. The van der Waals surface area contributed by atoms with Gasteiger partial charge in [-0.3, -0.25) is 14.3 Å². The summed E-state index contributed by atoms with van der Waals surface area (Å²) >= 11 is 0. The average molecular weight is 537 g/mol. The monoisotopic (exact) mass is 536 g/mol. The molecule has 0 fully saturated rings. The number of rotatable bonds is 8. The van der Waals surface area contributed by atoms with Gasteiger partial charge in [0.2, 0.25) is 0 Å². The molecule has 0 amide bonds. The molecule has 38 heavy (non-hydrogen) atoms. The minimum Gasteiger partial charge on any atom is -0.481 e. The summed E-state index contributed by atoms with van der Waals surface area (Å²) in [6.45, 7) is 3.88. The Kier molecular flexibility index (Phi) is 5.99. The number of benzene rings is 2. The number of unbranched alkanes of at least 4 members (excludes halogenated alkanes) is 2. The Morgan fingerprint density at radius 2 is 2.00 bits per heavy atom. The predicted octanol–water partition coefficient (Wildman–Crippen LogP) is 2.58. The number of nitrogens with one attached hydrogen (secondary N) is 1. The summed E-state index contributed by atoms with van der Waals surface area (Å²) in [4.78, 5) is 19.7. The zero-order valence-corrected chi connectivity index (χ0v) is 21.8. The molecule has 1 aromatic heterocycles. The lowest BCUT2D eigenvalue weighted by Crippen LogP contribution is -2.28. The molecule has 0 spiro atoms. The number of ether oxygens (including phenoxy) is 1. The maximum Gasteiger partial charge on any atom is 0.303 e. The second-order valence-corrected chi connectivity index (χ2v) is 11.3. The molecular weight excluding hydrogens is 508 g/mol. The standard InChI is InChI=1S/C27H28N4O6S/c1-15-13-18-22(27-30-10-12-31(27)11-4-2-3-5-21(32)33)19-14-20(38(34,35)36)24-17(7-9-29-24)26(19)37-25(18)16-6-8-28-23(15)16/h10,12-14,28H,2-9,11H2,1H3,(H,32,33)(H,34,35,36). The molecule has 10 nitrogen and oxygen atoms in total. The van der Waals surface area contributed by atoms with Gasteiger partial charge in [-0.2, -0.15) is 8.42 Å². The van der Waals surface area contributed by atoms with Crippen molar-refractivity contribution in [3.63, 3.8) is 0 Å². The van der Waals surface area contributed by atoms with Gasteiger partial charge in [0.15, 0.2) is 0 Å². The van der Waals surface area contributed by atoms with Crippen molar-refractivity contribution >= 4 is 27.3 Å². The van der Waals surface area contributed by atoms with Crippen LogP contribution >= 0.6 is 0 Å². The van der Waals surface area contributed by atoms with E-state index in [0.717, 1.165) is 59.5 Å². The van der Waals surface area contributed by atoms with Crippen molar-refractivity contribution < 1.29 is 27.6 Å². The van der Waals surface area contributed by atoms with Crippen LogP contribution in [0.25, 0.3) is 5.57 Å². The van der Waals surface area contributed by atoms with Crippen LogP contribution in [0, 0.1) is 6.92 Å². The van der Waals surface area contributed by atoms with Crippen molar-refractivity contribution in [3.8, 4) is 11.5 Å². The highest BCUT2D eigenvalue weighted by molar-refractivity contribution is 7.85. The summed E-state index contributed by atoms with van der Waals surface area (Å²) in [7, 11) is -4.53. The Bertz CT molecular complexity index is 1720. The van der Waals surface area contributed by atoms with Gasteiger partial charge in [0.1, 0.15) is 22.2 Å². The van der Waals surface area contributed by atoms with Gasteiger partial charge in [-0.15, -0.1) is 0 Å². The normalized spacial score (nSPS) is 15.2. The van der Waals surface area contributed by atoms with E-state index in [2.05, 4.69) is 10.3 Å². The Morgan fingerprint density at radius 3 is 2.79 bits per heavy atom. The van der Waals surface area contributed by atoms with Gasteiger partial charge in [-0.25, -0.2) is 4.98 Å². The number of aryl methyl sites for hydroxylation is 2. The first-order valence-electron chi connectivity index (χ1n) is 12.8. The largest absolute Gasteiger partial charge is 0.481 e. The van der Waals surface area contributed by atoms with Gasteiger partial charge < -0.3 is 19.7 Å². The quantitative estimate of drug-likeness (QED) is 0.230. The Balaban J connectivity index is 1.59. The van der Waals surface area contributed by atoms with E-state index in [4.69, 9.17) is 14.8 Å². The molecule has 6 rings (SSSR count).